The first kappa shape index (κ1) is 15.1. The highest BCUT2D eigenvalue weighted by molar-refractivity contribution is 7.88. The molecule has 1 aliphatic heterocycles. The molecule has 0 radical (unpaired) electrons. The van der Waals surface area contributed by atoms with Crippen LogP contribution in [0.25, 0.3) is 0 Å². The van der Waals surface area contributed by atoms with E-state index in [1.807, 2.05) is 13.0 Å². The Hall–Kier alpha value is -1.34. The summed E-state index contributed by atoms with van der Waals surface area (Å²) in [5, 5.41) is 2.86. The van der Waals surface area contributed by atoms with E-state index in [1.165, 1.54) is 4.31 Å². The predicted molar refractivity (Wildman–Crippen MR) is 74.6 cm³/mol. The van der Waals surface area contributed by atoms with Gasteiger partial charge in [0.25, 0.3) is 0 Å². The zero-order chi connectivity index (χ0) is 14.8. The van der Waals surface area contributed by atoms with Gasteiger partial charge in [-0.05, 0) is 31.9 Å². The molecule has 1 saturated heterocycles. The lowest BCUT2D eigenvalue weighted by molar-refractivity contribution is -0.124. The Morgan fingerprint density at radius 1 is 1.60 bits per heavy atom. The second kappa shape index (κ2) is 5.97. The summed E-state index contributed by atoms with van der Waals surface area (Å²) in [5.41, 5.74) is 0. The fourth-order valence-electron chi connectivity index (χ4n) is 2.52. The number of nitrogens with zero attached hydrogens (tertiary/aromatic N) is 1. The van der Waals surface area contributed by atoms with Gasteiger partial charge in [-0.15, -0.1) is 0 Å². The van der Waals surface area contributed by atoms with Crippen molar-refractivity contribution in [3.8, 4) is 0 Å². The van der Waals surface area contributed by atoms with Crippen LogP contribution in [0.3, 0.4) is 0 Å². The van der Waals surface area contributed by atoms with Crippen LogP contribution in [0.15, 0.2) is 22.8 Å². The number of rotatable bonds is 5. The van der Waals surface area contributed by atoms with Crippen molar-refractivity contribution in [1.29, 1.82) is 0 Å². The van der Waals surface area contributed by atoms with E-state index in [2.05, 4.69) is 5.32 Å². The molecule has 20 heavy (non-hydrogen) atoms. The van der Waals surface area contributed by atoms with Crippen molar-refractivity contribution in [2.75, 3.05) is 12.8 Å². The number of hydrogen-bond donors (Lipinski definition) is 1. The molecule has 2 unspecified atom stereocenters. The zero-order valence-corrected chi connectivity index (χ0v) is 12.5. The Kier molecular flexibility index (Phi) is 4.49. The van der Waals surface area contributed by atoms with Crippen molar-refractivity contribution in [3.05, 3.63) is 24.2 Å². The summed E-state index contributed by atoms with van der Waals surface area (Å²) in [6, 6.07) is 2.97. The lowest BCUT2D eigenvalue weighted by atomic mass is 10.1. The summed E-state index contributed by atoms with van der Waals surface area (Å²) >= 11 is 0. The Morgan fingerprint density at radius 3 is 2.95 bits per heavy atom. The van der Waals surface area contributed by atoms with Crippen molar-refractivity contribution in [2.45, 2.75) is 38.3 Å². The van der Waals surface area contributed by atoms with Crippen LogP contribution in [-0.2, 0) is 21.2 Å². The molecule has 2 rings (SSSR count). The molecule has 1 fully saturated rings. The van der Waals surface area contributed by atoms with E-state index in [9.17, 15) is 13.2 Å². The minimum absolute atomic E-state index is 0.101. The van der Waals surface area contributed by atoms with Gasteiger partial charge in [0.15, 0.2) is 0 Å². The van der Waals surface area contributed by atoms with Gasteiger partial charge in [-0.1, -0.05) is 0 Å². The topological polar surface area (TPSA) is 79.6 Å². The van der Waals surface area contributed by atoms with Crippen LogP contribution < -0.4 is 5.32 Å². The Balaban J connectivity index is 1.94. The maximum Gasteiger partial charge on any atom is 0.238 e. The lowest BCUT2D eigenvalue weighted by Gasteiger charge is -2.23. The molecule has 6 nitrogen and oxygen atoms in total. The van der Waals surface area contributed by atoms with Crippen molar-refractivity contribution >= 4 is 15.9 Å². The van der Waals surface area contributed by atoms with Gasteiger partial charge in [0, 0.05) is 19.0 Å². The average Bonchev–Trinajstić information content (AvgIpc) is 2.96. The van der Waals surface area contributed by atoms with E-state index in [4.69, 9.17) is 4.42 Å². The normalized spacial score (nSPS) is 21.8. The van der Waals surface area contributed by atoms with E-state index in [0.717, 1.165) is 18.4 Å². The molecule has 7 heteroatoms. The highest BCUT2D eigenvalue weighted by atomic mass is 32.2. The number of carbonyl (C=O) groups is 1. The van der Waals surface area contributed by atoms with Gasteiger partial charge in [0.2, 0.25) is 15.9 Å². The van der Waals surface area contributed by atoms with Crippen LogP contribution in [0.5, 0.6) is 0 Å². The SMILES string of the molecule is CC(Cc1ccco1)NC(=O)C1CCCN1S(C)(=O)=O. The number of furan rings is 1. The summed E-state index contributed by atoms with van der Waals surface area (Å²) < 4.78 is 29.8. The van der Waals surface area contributed by atoms with Gasteiger partial charge in [0.1, 0.15) is 11.8 Å². The first-order valence-corrected chi connectivity index (χ1v) is 8.52. The van der Waals surface area contributed by atoms with Crippen molar-refractivity contribution < 1.29 is 17.6 Å². The summed E-state index contributed by atoms with van der Waals surface area (Å²) in [4.78, 5) is 12.2. The van der Waals surface area contributed by atoms with Crippen molar-refractivity contribution in [3.63, 3.8) is 0 Å². The third-order valence-electron chi connectivity index (χ3n) is 3.41. The standard InChI is InChI=1S/C13H20N2O4S/c1-10(9-11-5-4-8-19-11)14-13(16)12-6-3-7-15(12)20(2,17)18/h4-5,8,10,12H,3,6-7,9H2,1-2H3,(H,14,16). The second-order valence-corrected chi connectivity index (χ2v) is 7.16. The molecule has 2 atom stereocenters. The van der Waals surface area contributed by atoms with Crippen molar-refractivity contribution in [1.82, 2.24) is 9.62 Å². The van der Waals surface area contributed by atoms with E-state index in [-0.39, 0.29) is 11.9 Å². The zero-order valence-electron chi connectivity index (χ0n) is 11.7. The molecular formula is C13H20N2O4S. The van der Waals surface area contributed by atoms with E-state index < -0.39 is 16.1 Å². The maximum absolute atomic E-state index is 12.2. The smallest absolute Gasteiger partial charge is 0.238 e. The van der Waals surface area contributed by atoms with E-state index >= 15 is 0 Å². The second-order valence-electron chi connectivity index (χ2n) is 5.22. The average molecular weight is 300 g/mol. The van der Waals surface area contributed by atoms with Crippen molar-refractivity contribution in [2.24, 2.45) is 0 Å². The first-order valence-electron chi connectivity index (χ1n) is 6.67. The van der Waals surface area contributed by atoms with Gasteiger partial charge in [0.05, 0.1) is 12.5 Å². The number of hydrogen-bond acceptors (Lipinski definition) is 4. The fraction of sp³-hybridized carbons (Fsp3) is 0.615. The monoisotopic (exact) mass is 300 g/mol. The first-order chi connectivity index (χ1) is 9.38. The molecule has 0 aromatic carbocycles. The lowest BCUT2D eigenvalue weighted by Crippen LogP contribution is -2.48. The third-order valence-corrected chi connectivity index (χ3v) is 4.70. The van der Waals surface area contributed by atoms with E-state index in [0.29, 0.717) is 19.4 Å². The fourth-order valence-corrected chi connectivity index (χ4v) is 3.64. The maximum atomic E-state index is 12.2. The number of sulfonamides is 1. The molecule has 112 valence electrons. The van der Waals surface area contributed by atoms with Crippen LogP contribution in [0.4, 0.5) is 0 Å². The Labute approximate surface area is 119 Å². The number of carbonyl (C=O) groups excluding carboxylic acids is 1. The minimum atomic E-state index is -3.33. The largest absolute Gasteiger partial charge is 0.469 e. The highest BCUT2D eigenvalue weighted by Gasteiger charge is 2.36. The molecule has 0 bridgehead atoms. The van der Waals surface area contributed by atoms with E-state index in [1.54, 1.807) is 12.3 Å². The molecule has 2 heterocycles. The molecule has 0 saturated carbocycles. The quantitative estimate of drug-likeness (QED) is 0.870. The van der Waals surface area contributed by atoms with Crippen LogP contribution in [-0.4, -0.2) is 43.5 Å². The molecule has 1 N–H and O–H groups in total. The predicted octanol–water partition coefficient (Wildman–Crippen LogP) is 0.751. The van der Waals surface area contributed by atoms with Crippen LogP contribution in [0.2, 0.25) is 0 Å². The molecule has 1 amide bonds. The molecule has 1 aromatic heterocycles. The van der Waals surface area contributed by atoms with Crippen LogP contribution in [0.1, 0.15) is 25.5 Å². The molecule has 0 aliphatic carbocycles. The number of nitrogens with one attached hydrogen (secondary N) is 1. The molecule has 0 spiro atoms. The molecule has 1 aromatic rings. The van der Waals surface area contributed by atoms with Gasteiger partial charge < -0.3 is 9.73 Å². The molecule has 1 aliphatic rings. The number of amides is 1. The van der Waals surface area contributed by atoms with Gasteiger partial charge in [-0.2, -0.15) is 4.31 Å². The Morgan fingerprint density at radius 2 is 2.35 bits per heavy atom. The molecular weight excluding hydrogens is 280 g/mol. The van der Waals surface area contributed by atoms with Crippen LogP contribution in [0, 0.1) is 0 Å². The van der Waals surface area contributed by atoms with Gasteiger partial charge in [-0.3, -0.25) is 4.79 Å². The Bertz CT molecular complexity index is 553. The summed E-state index contributed by atoms with van der Waals surface area (Å²) in [6.07, 6.45) is 4.62. The summed E-state index contributed by atoms with van der Waals surface area (Å²) in [5.74, 6) is 0.566. The van der Waals surface area contributed by atoms with Gasteiger partial charge in [-0.25, -0.2) is 8.42 Å². The third kappa shape index (κ3) is 3.61. The minimum Gasteiger partial charge on any atom is -0.469 e. The summed E-state index contributed by atoms with van der Waals surface area (Å²) in [6.45, 7) is 2.30. The summed E-state index contributed by atoms with van der Waals surface area (Å²) in [7, 11) is -3.33. The van der Waals surface area contributed by atoms with Gasteiger partial charge >= 0.3 is 0 Å². The highest BCUT2D eigenvalue weighted by Crippen LogP contribution is 2.20. The van der Waals surface area contributed by atoms with Crippen LogP contribution >= 0.6 is 0 Å².